The summed E-state index contributed by atoms with van der Waals surface area (Å²) in [6.45, 7) is 0. The Balaban J connectivity index is 1.23. The highest BCUT2D eigenvalue weighted by molar-refractivity contribution is 5.98. The first-order valence-corrected chi connectivity index (χ1v) is 10.3. The molecule has 2 amide bonds. The molecular formula is C25H26N2O2. The van der Waals surface area contributed by atoms with Crippen LogP contribution in [0.5, 0.6) is 0 Å². The number of amides is 2. The van der Waals surface area contributed by atoms with E-state index in [1.807, 2.05) is 30.3 Å². The topological polar surface area (TPSA) is 58.2 Å². The van der Waals surface area contributed by atoms with Crippen LogP contribution in [0.4, 0.5) is 5.69 Å². The van der Waals surface area contributed by atoms with Crippen LogP contribution in [0.3, 0.4) is 0 Å². The van der Waals surface area contributed by atoms with Crippen molar-refractivity contribution in [3.8, 4) is 0 Å². The van der Waals surface area contributed by atoms with Crippen molar-refractivity contribution in [3.05, 3.63) is 77.9 Å². The van der Waals surface area contributed by atoms with Crippen LogP contribution in [0.1, 0.15) is 36.8 Å². The Morgan fingerprint density at radius 1 is 0.966 bits per heavy atom. The number of nitrogens with one attached hydrogen (secondary N) is 2. The second-order valence-corrected chi connectivity index (χ2v) is 7.69. The molecule has 3 aromatic carbocycles. The van der Waals surface area contributed by atoms with E-state index in [0.717, 1.165) is 36.9 Å². The first-order chi connectivity index (χ1) is 14.2. The Kier molecular flexibility index (Phi) is 5.89. The highest BCUT2D eigenvalue weighted by atomic mass is 16.2. The zero-order valence-corrected chi connectivity index (χ0v) is 16.5. The van der Waals surface area contributed by atoms with Gasteiger partial charge in [0.1, 0.15) is 6.04 Å². The van der Waals surface area contributed by atoms with Crippen molar-refractivity contribution in [3.63, 3.8) is 0 Å². The summed E-state index contributed by atoms with van der Waals surface area (Å²) in [7, 11) is 0. The smallest absolute Gasteiger partial charge is 0.246 e. The number of rotatable bonds is 6. The number of hydrogen-bond acceptors (Lipinski definition) is 2. The molecule has 0 aromatic heterocycles. The maximum Gasteiger partial charge on any atom is 0.246 e. The molecule has 1 atom stereocenters. The molecule has 4 heteroatoms. The molecular weight excluding hydrogens is 360 g/mol. The maximum absolute atomic E-state index is 12.4. The Morgan fingerprint density at radius 2 is 1.76 bits per heavy atom. The van der Waals surface area contributed by atoms with Gasteiger partial charge in [-0.3, -0.25) is 9.59 Å². The fourth-order valence-electron chi connectivity index (χ4n) is 3.92. The van der Waals surface area contributed by atoms with Gasteiger partial charge >= 0.3 is 0 Å². The summed E-state index contributed by atoms with van der Waals surface area (Å²) >= 11 is 0. The van der Waals surface area contributed by atoms with Gasteiger partial charge in [0.2, 0.25) is 11.8 Å². The monoisotopic (exact) mass is 386 g/mol. The van der Waals surface area contributed by atoms with E-state index in [1.165, 1.54) is 16.3 Å². The average Bonchev–Trinajstić information content (AvgIpc) is 2.90. The van der Waals surface area contributed by atoms with Crippen molar-refractivity contribution in [1.29, 1.82) is 0 Å². The van der Waals surface area contributed by atoms with E-state index in [-0.39, 0.29) is 11.8 Å². The van der Waals surface area contributed by atoms with Gasteiger partial charge in [-0.15, -0.1) is 0 Å². The molecule has 148 valence electrons. The molecule has 0 fully saturated rings. The van der Waals surface area contributed by atoms with Crippen LogP contribution in [0.15, 0.2) is 66.7 Å². The van der Waals surface area contributed by atoms with Crippen LogP contribution < -0.4 is 10.6 Å². The third-order valence-corrected chi connectivity index (χ3v) is 5.56. The van der Waals surface area contributed by atoms with Crippen LogP contribution in [0, 0.1) is 0 Å². The predicted octanol–water partition coefficient (Wildman–Crippen LogP) is 4.62. The van der Waals surface area contributed by atoms with E-state index >= 15 is 0 Å². The number of aryl methyl sites for hydroxylation is 2. The summed E-state index contributed by atoms with van der Waals surface area (Å²) in [5.41, 5.74) is 3.27. The maximum atomic E-state index is 12.4. The molecule has 1 aliphatic heterocycles. The first kappa shape index (κ1) is 19.2. The lowest BCUT2D eigenvalue weighted by Gasteiger charge is -2.15. The van der Waals surface area contributed by atoms with Crippen molar-refractivity contribution < 1.29 is 9.59 Å². The minimum atomic E-state index is -0.463. The van der Waals surface area contributed by atoms with Gasteiger partial charge in [0.15, 0.2) is 0 Å². The lowest BCUT2D eigenvalue weighted by Crippen LogP contribution is -2.43. The van der Waals surface area contributed by atoms with Crippen molar-refractivity contribution in [2.75, 3.05) is 5.32 Å². The molecule has 0 aliphatic carbocycles. The molecule has 1 unspecified atom stereocenters. The van der Waals surface area contributed by atoms with Crippen LogP contribution in [-0.4, -0.2) is 17.9 Å². The standard InChI is InChI=1S/C25H26N2O2/c28-24(26-23-16-15-20-9-4-5-11-22(20)27-25(23)29)12-6-1-7-18-13-14-19-8-2-3-10-21(19)17-18/h2-5,8-11,13-14,17,23H,1,6-7,12,15-16H2,(H,26,28)(H,27,29). The van der Waals surface area contributed by atoms with Gasteiger partial charge in [-0.25, -0.2) is 0 Å². The minimum Gasteiger partial charge on any atom is -0.344 e. The number of carbonyl (C=O) groups is 2. The number of benzene rings is 3. The molecule has 29 heavy (non-hydrogen) atoms. The van der Waals surface area contributed by atoms with Crippen LogP contribution in [0.2, 0.25) is 0 Å². The normalized spacial score (nSPS) is 16.0. The van der Waals surface area contributed by atoms with Gasteiger partial charge in [0.05, 0.1) is 0 Å². The lowest BCUT2D eigenvalue weighted by atomic mass is 10.0. The van der Waals surface area contributed by atoms with Gasteiger partial charge in [0.25, 0.3) is 0 Å². The summed E-state index contributed by atoms with van der Waals surface area (Å²) in [4.78, 5) is 24.7. The minimum absolute atomic E-state index is 0.0467. The molecule has 0 radical (unpaired) electrons. The molecule has 0 spiro atoms. The highest BCUT2D eigenvalue weighted by Gasteiger charge is 2.24. The van der Waals surface area contributed by atoms with Gasteiger partial charge in [-0.2, -0.15) is 0 Å². The summed E-state index contributed by atoms with van der Waals surface area (Å²) in [5, 5.41) is 8.35. The van der Waals surface area contributed by atoms with Crippen molar-refractivity contribution in [2.24, 2.45) is 0 Å². The first-order valence-electron chi connectivity index (χ1n) is 10.3. The number of anilines is 1. The van der Waals surface area contributed by atoms with E-state index in [4.69, 9.17) is 0 Å². The van der Waals surface area contributed by atoms with Crippen molar-refractivity contribution in [2.45, 2.75) is 44.6 Å². The average molecular weight is 386 g/mol. The molecule has 2 N–H and O–H groups in total. The number of fused-ring (bicyclic) bond motifs is 2. The Bertz CT molecular complexity index is 1030. The SMILES string of the molecule is O=C(CCCCc1ccc2ccccc2c1)NC1CCc2ccccc2NC1=O. The fourth-order valence-corrected chi connectivity index (χ4v) is 3.92. The highest BCUT2D eigenvalue weighted by Crippen LogP contribution is 2.22. The van der Waals surface area contributed by atoms with Gasteiger partial charge in [-0.05, 0) is 60.1 Å². The third kappa shape index (κ3) is 4.83. The Morgan fingerprint density at radius 3 is 2.66 bits per heavy atom. The third-order valence-electron chi connectivity index (χ3n) is 5.56. The number of unbranched alkanes of at least 4 members (excludes halogenated alkanes) is 1. The Labute approximate surface area is 171 Å². The largest absolute Gasteiger partial charge is 0.344 e. The summed E-state index contributed by atoms with van der Waals surface area (Å²) in [6, 6.07) is 22.2. The number of para-hydroxylation sites is 1. The van der Waals surface area contributed by atoms with Crippen LogP contribution in [-0.2, 0) is 22.4 Å². The van der Waals surface area contributed by atoms with E-state index < -0.39 is 6.04 Å². The van der Waals surface area contributed by atoms with Crippen LogP contribution in [0.25, 0.3) is 10.8 Å². The molecule has 0 saturated carbocycles. The van der Waals surface area contributed by atoms with Gasteiger partial charge in [0, 0.05) is 12.1 Å². The van der Waals surface area contributed by atoms with E-state index in [2.05, 4.69) is 47.0 Å². The Hall–Kier alpha value is -3.14. The molecule has 4 rings (SSSR count). The summed E-state index contributed by atoms with van der Waals surface area (Å²) in [6.07, 6.45) is 4.58. The number of hydrogen-bond donors (Lipinski definition) is 2. The summed E-state index contributed by atoms with van der Waals surface area (Å²) < 4.78 is 0. The number of carbonyl (C=O) groups excluding carboxylic acids is 2. The zero-order valence-electron chi connectivity index (χ0n) is 16.5. The van der Waals surface area contributed by atoms with Crippen molar-refractivity contribution in [1.82, 2.24) is 5.32 Å². The van der Waals surface area contributed by atoms with Gasteiger partial charge < -0.3 is 10.6 Å². The quantitative estimate of drug-likeness (QED) is 0.607. The van der Waals surface area contributed by atoms with E-state index in [9.17, 15) is 9.59 Å². The van der Waals surface area contributed by atoms with E-state index in [0.29, 0.717) is 12.8 Å². The second kappa shape index (κ2) is 8.91. The lowest BCUT2D eigenvalue weighted by molar-refractivity contribution is -0.126. The molecule has 3 aromatic rings. The van der Waals surface area contributed by atoms with Gasteiger partial charge in [-0.1, -0.05) is 60.7 Å². The van der Waals surface area contributed by atoms with E-state index in [1.54, 1.807) is 0 Å². The fraction of sp³-hybridized carbons (Fsp3) is 0.280. The molecule has 1 aliphatic rings. The molecule has 4 nitrogen and oxygen atoms in total. The predicted molar refractivity (Wildman–Crippen MR) is 117 cm³/mol. The molecule has 0 bridgehead atoms. The van der Waals surface area contributed by atoms with Crippen molar-refractivity contribution >= 4 is 28.3 Å². The second-order valence-electron chi connectivity index (χ2n) is 7.69. The molecule has 0 saturated heterocycles. The molecule has 1 heterocycles. The zero-order chi connectivity index (χ0) is 20.1. The van der Waals surface area contributed by atoms with Crippen LogP contribution >= 0.6 is 0 Å². The summed E-state index contributed by atoms with van der Waals surface area (Å²) in [5.74, 6) is -0.172.